The van der Waals surface area contributed by atoms with Crippen LogP contribution in [0.1, 0.15) is 57.8 Å². The van der Waals surface area contributed by atoms with Crippen molar-refractivity contribution in [3.63, 3.8) is 0 Å². The number of halogens is 1. The van der Waals surface area contributed by atoms with Gasteiger partial charge < -0.3 is 30.2 Å². The fraction of sp³-hybridized carbons (Fsp3) is 0.455. The molecule has 2 saturated heterocycles. The Morgan fingerprint density at radius 1 is 1.20 bits per heavy atom. The number of aryl methyl sites for hydroxylation is 1. The number of piperidine rings is 1. The molecule has 4 heterocycles. The third kappa shape index (κ3) is 7.01. The first-order valence-electron chi connectivity index (χ1n) is 15.5. The fourth-order valence-corrected chi connectivity index (χ4v) is 8.09. The van der Waals surface area contributed by atoms with Crippen molar-refractivity contribution >= 4 is 38.8 Å². The lowest BCUT2D eigenvalue weighted by Gasteiger charge is -2.47. The number of aromatic nitrogens is 1. The molecule has 0 saturated carbocycles. The van der Waals surface area contributed by atoms with Crippen molar-refractivity contribution in [1.82, 2.24) is 20.1 Å². The number of thiophene rings is 1. The maximum atomic E-state index is 15.5. The van der Waals surface area contributed by atoms with E-state index < -0.39 is 6.10 Å². The molecule has 9 nitrogen and oxygen atoms in total. The van der Waals surface area contributed by atoms with Gasteiger partial charge in [0.25, 0.3) is 5.91 Å². The molecule has 0 bridgehead atoms. The summed E-state index contributed by atoms with van der Waals surface area (Å²) in [6.45, 7) is 6.55. The molecular formula is C33H39FN4O5S2. The zero-order valence-corrected chi connectivity index (χ0v) is 26.9. The van der Waals surface area contributed by atoms with Crippen molar-refractivity contribution < 1.29 is 24.1 Å². The van der Waals surface area contributed by atoms with Gasteiger partial charge in [-0.3, -0.25) is 14.5 Å². The van der Waals surface area contributed by atoms with E-state index in [2.05, 4.69) is 22.1 Å². The lowest BCUT2D eigenvalue weighted by Crippen LogP contribution is -2.57. The molecule has 2 aliphatic heterocycles. The summed E-state index contributed by atoms with van der Waals surface area (Å²) < 4.78 is 22.3. The van der Waals surface area contributed by atoms with Crippen molar-refractivity contribution in [3.8, 4) is 5.75 Å². The van der Waals surface area contributed by atoms with Gasteiger partial charge in [0.15, 0.2) is 0 Å². The number of thiazole rings is 1. The van der Waals surface area contributed by atoms with E-state index >= 15 is 4.39 Å². The quantitative estimate of drug-likeness (QED) is 0.187. The van der Waals surface area contributed by atoms with Gasteiger partial charge in [0.05, 0.1) is 35.1 Å². The summed E-state index contributed by atoms with van der Waals surface area (Å²) in [5.41, 5.74) is 2.57. The second-order valence-corrected chi connectivity index (χ2v) is 13.9. The number of aliphatic hydroxyl groups excluding tert-OH is 1. The van der Waals surface area contributed by atoms with E-state index in [1.54, 1.807) is 23.5 Å². The number of carbonyl (C=O) groups excluding carboxylic acids is 1. The molecule has 2 aromatic heterocycles. The number of aromatic hydroxyl groups is 1. The van der Waals surface area contributed by atoms with Crippen LogP contribution in [0.15, 0.2) is 46.6 Å². The van der Waals surface area contributed by atoms with Crippen LogP contribution in [-0.4, -0.2) is 82.4 Å². The number of nitrogens with one attached hydrogen (secondary N) is 2. The highest BCUT2D eigenvalue weighted by Gasteiger charge is 2.41. The maximum absolute atomic E-state index is 15.5. The minimum atomic E-state index is -0.888. The molecule has 2 fully saturated rings. The van der Waals surface area contributed by atoms with Crippen molar-refractivity contribution in [2.24, 2.45) is 0 Å². The summed E-state index contributed by atoms with van der Waals surface area (Å²) in [5, 5.41) is 25.9. The fourth-order valence-electron chi connectivity index (χ4n) is 6.36. The molecule has 0 radical (unpaired) electrons. The summed E-state index contributed by atoms with van der Waals surface area (Å²) >= 11 is 2.58. The van der Waals surface area contributed by atoms with Gasteiger partial charge in [-0.15, -0.1) is 11.3 Å². The molecule has 0 unspecified atom stereocenters. The molecule has 4 aromatic rings. The second-order valence-electron chi connectivity index (χ2n) is 11.9. The zero-order chi connectivity index (χ0) is 31.6. The summed E-state index contributed by atoms with van der Waals surface area (Å²) in [7, 11) is 0. The topological polar surface area (TPSA) is 118 Å². The van der Waals surface area contributed by atoms with Gasteiger partial charge in [-0.25, -0.2) is 4.39 Å². The monoisotopic (exact) mass is 654 g/mol. The van der Waals surface area contributed by atoms with E-state index in [0.29, 0.717) is 66.1 Å². The lowest BCUT2D eigenvalue weighted by atomic mass is 9.89. The number of aromatic amines is 1. The van der Waals surface area contributed by atoms with Gasteiger partial charge in [0, 0.05) is 54.1 Å². The molecular weight excluding hydrogens is 616 g/mol. The molecule has 1 amide bonds. The van der Waals surface area contributed by atoms with Crippen LogP contribution in [0.3, 0.4) is 0 Å². The van der Waals surface area contributed by atoms with Crippen LogP contribution in [-0.2, 0) is 24.1 Å². The largest absolute Gasteiger partial charge is 0.506 e. The molecule has 2 aliphatic rings. The van der Waals surface area contributed by atoms with Crippen LogP contribution in [0.25, 0.3) is 10.2 Å². The summed E-state index contributed by atoms with van der Waals surface area (Å²) in [5.74, 6) is -0.159. The number of fused-ring (bicyclic) bond motifs is 1. The van der Waals surface area contributed by atoms with Gasteiger partial charge in [-0.05, 0) is 49.9 Å². The zero-order valence-electron chi connectivity index (χ0n) is 25.3. The van der Waals surface area contributed by atoms with Gasteiger partial charge >= 0.3 is 4.87 Å². The summed E-state index contributed by atoms with van der Waals surface area (Å²) in [6, 6.07) is 10.6. The van der Waals surface area contributed by atoms with Crippen LogP contribution in [0.4, 0.5) is 4.39 Å². The van der Waals surface area contributed by atoms with Crippen LogP contribution < -0.4 is 10.2 Å². The third-order valence-electron chi connectivity index (χ3n) is 8.96. The number of hydrogen-bond donors (Lipinski definition) is 4. The third-order valence-corrected chi connectivity index (χ3v) is 11.0. The minimum Gasteiger partial charge on any atom is -0.506 e. The number of likely N-dealkylation sites (tertiary alicyclic amines) is 1. The molecule has 6 rings (SSSR count). The number of carbonyl (C=O) groups is 1. The van der Waals surface area contributed by atoms with E-state index in [1.165, 1.54) is 10.9 Å². The standard InChI is InChI=1S/C33H39FN4O5S2/c1-2-24-16-23(19-44-24)31(41)38-14-15-43-33(20-38)9-12-37(13-10-33)18-22-5-3-4-21(28(22)34)8-11-35-17-27(40)25-6-7-26(39)29-30(25)45-32(42)36-29/h3-7,16,19,27,35,39-40H,2,8-15,17-18,20H2,1H3,(H,36,42)/t27-/m0/s1. The van der Waals surface area contributed by atoms with Crippen molar-refractivity contribution in [2.75, 3.05) is 45.9 Å². The van der Waals surface area contributed by atoms with Gasteiger partial charge in [-0.1, -0.05) is 42.5 Å². The SMILES string of the molecule is CCc1cc(C(=O)N2CCOC3(CCN(Cc4cccc(CCNC[C@H](O)c5ccc(O)c6[nH]c(=O)sc56)c4F)CC3)C2)cs1. The number of benzene rings is 2. The van der Waals surface area contributed by atoms with Crippen molar-refractivity contribution in [1.29, 1.82) is 0 Å². The maximum Gasteiger partial charge on any atom is 0.305 e. The lowest BCUT2D eigenvalue weighted by molar-refractivity contribution is -0.128. The number of morpholine rings is 1. The van der Waals surface area contributed by atoms with E-state index in [-0.39, 0.29) is 34.5 Å². The average molecular weight is 655 g/mol. The van der Waals surface area contributed by atoms with E-state index in [4.69, 9.17) is 4.74 Å². The Bertz CT molecular complexity index is 1710. The first-order chi connectivity index (χ1) is 21.7. The first-order valence-corrected chi connectivity index (χ1v) is 17.2. The molecule has 4 N–H and O–H groups in total. The smallest absolute Gasteiger partial charge is 0.305 e. The Labute approximate surface area is 269 Å². The van der Waals surface area contributed by atoms with Crippen molar-refractivity contribution in [3.05, 3.63) is 84.4 Å². The Morgan fingerprint density at radius 3 is 2.78 bits per heavy atom. The highest BCUT2D eigenvalue weighted by atomic mass is 32.1. The molecule has 12 heteroatoms. The number of phenols is 1. The Kier molecular flexibility index (Phi) is 9.69. The van der Waals surface area contributed by atoms with Gasteiger partial charge in [-0.2, -0.15) is 0 Å². The molecule has 1 spiro atoms. The molecule has 2 aromatic carbocycles. The van der Waals surface area contributed by atoms with E-state index in [1.807, 2.05) is 28.5 Å². The average Bonchev–Trinajstić information content (AvgIpc) is 3.69. The van der Waals surface area contributed by atoms with E-state index in [0.717, 1.165) is 49.3 Å². The number of H-pyrrole nitrogens is 1. The number of hydrogen-bond acceptors (Lipinski definition) is 9. The van der Waals surface area contributed by atoms with Crippen LogP contribution in [0.5, 0.6) is 5.75 Å². The normalized spacial score (nSPS) is 17.7. The first kappa shape index (κ1) is 31.8. The predicted molar refractivity (Wildman–Crippen MR) is 175 cm³/mol. The number of phenolic OH excluding ortho intramolecular Hbond substituents is 1. The minimum absolute atomic E-state index is 0.0349. The number of nitrogens with zero attached hydrogens (tertiary/aromatic N) is 2. The number of ether oxygens (including phenoxy) is 1. The van der Waals surface area contributed by atoms with Gasteiger partial charge in [0.1, 0.15) is 17.1 Å². The second kappa shape index (κ2) is 13.7. The Balaban J connectivity index is 0.993. The van der Waals surface area contributed by atoms with E-state index in [9.17, 15) is 19.8 Å². The predicted octanol–water partition coefficient (Wildman–Crippen LogP) is 4.43. The highest BCUT2D eigenvalue weighted by molar-refractivity contribution is 7.16. The molecule has 1 atom stereocenters. The van der Waals surface area contributed by atoms with Crippen molar-refractivity contribution in [2.45, 2.75) is 50.9 Å². The highest BCUT2D eigenvalue weighted by Crippen LogP contribution is 2.33. The Hall–Kier alpha value is -3.13. The number of aliphatic hydroxyl groups is 1. The molecule has 0 aliphatic carbocycles. The summed E-state index contributed by atoms with van der Waals surface area (Å²) in [6.07, 6.45) is 2.08. The van der Waals surface area contributed by atoms with Crippen LogP contribution in [0.2, 0.25) is 0 Å². The van der Waals surface area contributed by atoms with Crippen LogP contribution >= 0.6 is 22.7 Å². The Morgan fingerprint density at radius 2 is 2.00 bits per heavy atom. The van der Waals surface area contributed by atoms with Gasteiger partial charge in [0.2, 0.25) is 0 Å². The molecule has 240 valence electrons. The number of amides is 1. The summed E-state index contributed by atoms with van der Waals surface area (Å²) in [4.78, 5) is 32.6. The molecule has 45 heavy (non-hydrogen) atoms. The number of rotatable bonds is 10. The van der Waals surface area contributed by atoms with Crippen LogP contribution in [0, 0.1) is 5.82 Å².